The fourth-order valence-electron chi connectivity index (χ4n) is 4.07. The summed E-state index contributed by atoms with van der Waals surface area (Å²) >= 11 is 0. The highest BCUT2D eigenvalue weighted by Crippen LogP contribution is 2.23. The lowest BCUT2D eigenvalue weighted by atomic mass is 9.89. The predicted molar refractivity (Wildman–Crippen MR) is 106 cm³/mol. The SMILES string of the molecule is Cc1nn(C)c(C)c1CCC(=O)N1CCC(Cc2ccc(CO)cc2)CC1. The molecule has 146 valence electrons. The summed E-state index contributed by atoms with van der Waals surface area (Å²) in [7, 11) is 1.95. The molecule has 2 heterocycles. The van der Waals surface area contributed by atoms with E-state index in [9.17, 15) is 4.79 Å². The first-order chi connectivity index (χ1) is 13.0. The van der Waals surface area contributed by atoms with E-state index >= 15 is 0 Å². The molecular formula is C22H31N3O2. The molecule has 1 saturated heterocycles. The maximum Gasteiger partial charge on any atom is 0.222 e. The van der Waals surface area contributed by atoms with Crippen LogP contribution in [-0.4, -0.2) is 38.8 Å². The zero-order valence-corrected chi connectivity index (χ0v) is 16.7. The summed E-state index contributed by atoms with van der Waals surface area (Å²) in [5.41, 5.74) is 5.68. The summed E-state index contributed by atoms with van der Waals surface area (Å²) in [5, 5.41) is 13.6. The maximum absolute atomic E-state index is 12.6. The average molecular weight is 370 g/mol. The summed E-state index contributed by atoms with van der Waals surface area (Å²) in [5.74, 6) is 0.903. The van der Waals surface area contributed by atoms with E-state index in [0.29, 0.717) is 12.3 Å². The van der Waals surface area contributed by atoms with Gasteiger partial charge in [0.25, 0.3) is 0 Å². The lowest BCUT2D eigenvalue weighted by Crippen LogP contribution is -2.39. The molecule has 1 aliphatic rings. The Balaban J connectivity index is 1.46. The van der Waals surface area contributed by atoms with E-state index in [2.05, 4.69) is 24.2 Å². The van der Waals surface area contributed by atoms with Gasteiger partial charge in [-0.1, -0.05) is 24.3 Å². The van der Waals surface area contributed by atoms with Crippen molar-refractivity contribution in [3.63, 3.8) is 0 Å². The number of aliphatic hydroxyl groups excluding tert-OH is 1. The molecule has 0 saturated carbocycles. The van der Waals surface area contributed by atoms with Gasteiger partial charge in [0.2, 0.25) is 5.91 Å². The fraction of sp³-hybridized carbons (Fsp3) is 0.545. The van der Waals surface area contributed by atoms with Crippen molar-refractivity contribution in [3.05, 3.63) is 52.3 Å². The molecule has 0 radical (unpaired) electrons. The van der Waals surface area contributed by atoms with Gasteiger partial charge in [-0.2, -0.15) is 5.10 Å². The van der Waals surface area contributed by atoms with Crippen LogP contribution in [-0.2, 0) is 31.3 Å². The van der Waals surface area contributed by atoms with Gasteiger partial charge in [-0.25, -0.2) is 0 Å². The van der Waals surface area contributed by atoms with Crippen LogP contribution < -0.4 is 0 Å². The molecule has 0 unspecified atom stereocenters. The van der Waals surface area contributed by atoms with Gasteiger partial charge in [-0.15, -0.1) is 0 Å². The number of nitrogens with zero attached hydrogens (tertiary/aromatic N) is 3. The van der Waals surface area contributed by atoms with Crippen molar-refractivity contribution in [2.75, 3.05) is 13.1 Å². The van der Waals surface area contributed by atoms with Gasteiger partial charge in [0, 0.05) is 32.3 Å². The first kappa shape index (κ1) is 19.6. The van der Waals surface area contributed by atoms with Gasteiger partial charge in [0.05, 0.1) is 12.3 Å². The zero-order valence-electron chi connectivity index (χ0n) is 16.7. The smallest absolute Gasteiger partial charge is 0.222 e. The minimum absolute atomic E-state index is 0.0961. The Bertz CT molecular complexity index is 772. The monoisotopic (exact) mass is 369 g/mol. The van der Waals surface area contributed by atoms with E-state index in [1.807, 2.05) is 35.7 Å². The lowest BCUT2D eigenvalue weighted by Gasteiger charge is -2.32. The van der Waals surface area contributed by atoms with Crippen LogP contribution in [0.1, 0.15) is 47.3 Å². The van der Waals surface area contributed by atoms with Crippen LogP contribution >= 0.6 is 0 Å². The number of carbonyl (C=O) groups is 1. The fourth-order valence-corrected chi connectivity index (χ4v) is 4.07. The highest BCUT2D eigenvalue weighted by Gasteiger charge is 2.23. The summed E-state index contributed by atoms with van der Waals surface area (Å²) < 4.78 is 1.90. The molecule has 5 heteroatoms. The largest absolute Gasteiger partial charge is 0.392 e. The van der Waals surface area contributed by atoms with Crippen molar-refractivity contribution < 1.29 is 9.90 Å². The number of amides is 1. The Morgan fingerprint density at radius 1 is 1.15 bits per heavy atom. The molecule has 1 amide bonds. The summed E-state index contributed by atoms with van der Waals surface area (Å²) in [6.07, 6.45) is 4.54. The maximum atomic E-state index is 12.6. The summed E-state index contributed by atoms with van der Waals surface area (Å²) in [4.78, 5) is 14.6. The van der Waals surface area contributed by atoms with Crippen molar-refractivity contribution in [1.29, 1.82) is 0 Å². The standard InChI is InChI=1S/C22H31N3O2/c1-16-21(17(2)24(3)23-16)8-9-22(27)25-12-10-19(11-13-25)14-18-4-6-20(15-26)7-5-18/h4-7,19,26H,8-15H2,1-3H3. The Morgan fingerprint density at radius 3 is 2.33 bits per heavy atom. The number of hydrogen-bond donors (Lipinski definition) is 1. The third kappa shape index (κ3) is 4.78. The van der Waals surface area contributed by atoms with E-state index in [1.54, 1.807) is 0 Å². The second kappa shape index (κ2) is 8.70. The number of rotatable bonds is 6. The predicted octanol–water partition coefficient (Wildman–Crippen LogP) is 2.94. The van der Waals surface area contributed by atoms with Crippen LogP contribution in [0.25, 0.3) is 0 Å². The highest BCUT2D eigenvalue weighted by atomic mass is 16.3. The molecule has 2 aromatic rings. The quantitative estimate of drug-likeness (QED) is 0.852. The van der Waals surface area contributed by atoms with E-state index in [4.69, 9.17) is 5.11 Å². The number of aliphatic hydroxyl groups is 1. The van der Waals surface area contributed by atoms with Crippen molar-refractivity contribution in [2.45, 2.75) is 52.6 Å². The topological polar surface area (TPSA) is 58.4 Å². The zero-order chi connectivity index (χ0) is 19.4. The molecule has 5 nitrogen and oxygen atoms in total. The molecule has 0 atom stereocenters. The van der Waals surface area contributed by atoms with Gasteiger partial charge < -0.3 is 10.0 Å². The Kier molecular flexibility index (Phi) is 6.32. The van der Waals surface area contributed by atoms with Crippen molar-refractivity contribution >= 4 is 5.91 Å². The van der Waals surface area contributed by atoms with Crippen LogP contribution in [0.5, 0.6) is 0 Å². The van der Waals surface area contributed by atoms with Crippen LogP contribution in [0.2, 0.25) is 0 Å². The first-order valence-electron chi connectivity index (χ1n) is 9.93. The molecule has 1 N–H and O–H groups in total. The van der Waals surface area contributed by atoms with Gasteiger partial charge in [0.1, 0.15) is 0 Å². The molecule has 0 aliphatic carbocycles. The molecule has 0 spiro atoms. The Labute approximate surface area is 162 Å². The summed E-state index contributed by atoms with van der Waals surface area (Å²) in [6.45, 7) is 5.91. The van der Waals surface area contributed by atoms with Gasteiger partial charge in [-0.05, 0) is 62.1 Å². The van der Waals surface area contributed by atoms with Crippen LogP contribution in [0.3, 0.4) is 0 Å². The van der Waals surface area contributed by atoms with Crippen LogP contribution in [0.4, 0.5) is 0 Å². The van der Waals surface area contributed by atoms with Gasteiger partial charge in [0.15, 0.2) is 0 Å². The molecule has 27 heavy (non-hydrogen) atoms. The number of aryl methyl sites for hydroxylation is 2. The normalized spacial score (nSPS) is 15.3. The molecule has 1 aromatic heterocycles. The van der Waals surface area contributed by atoms with E-state index < -0.39 is 0 Å². The number of aromatic nitrogens is 2. The van der Waals surface area contributed by atoms with Crippen molar-refractivity contribution in [2.24, 2.45) is 13.0 Å². The average Bonchev–Trinajstić information content (AvgIpc) is 2.92. The third-order valence-electron chi connectivity index (χ3n) is 5.94. The highest BCUT2D eigenvalue weighted by molar-refractivity contribution is 5.76. The number of benzene rings is 1. The summed E-state index contributed by atoms with van der Waals surface area (Å²) in [6, 6.07) is 8.22. The molecule has 1 fully saturated rings. The third-order valence-corrected chi connectivity index (χ3v) is 5.94. The minimum Gasteiger partial charge on any atom is -0.392 e. The van der Waals surface area contributed by atoms with Crippen LogP contribution in [0.15, 0.2) is 24.3 Å². The van der Waals surface area contributed by atoms with Gasteiger partial charge >= 0.3 is 0 Å². The second-order valence-electron chi connectivity index (χ2n) is 7.78. The minimum atomic E-state index is 0.0961. The van der Waals surface area contributed by atoms with Crippen molar-refractivity contribution in [3.8, 4) is 0 Å². The van der Waals surface area contributed by atoms with Crippen molar-refractivity contribution in [1.82, 2.24) is 14.7 Å². The first-order valence-corrected chi connectivity index (χ1v) is 9.93. The number of likely N-dealkylation sites (tertiary alicyclic amines) is 1. The van der Waals surface area contributed by atoms with E-state index in [0.717, 1.165) is 55.7 Å². The van der Waals surface area contributed by atoms with E-state index in [1.165, 1.54) is 11.1 Å². The Hall–Kier alpha value is -2.14. The number of carbonyl (C=O) groups excluding carboxylic acids is 1. The second-order valence-corrected chi connectivity index (χ2v) is 7.78. The molecular weight excluding hydrogens is 338 g/mol. The lowest BCUT2D eigenvalue weighted by molar-refractivity contribution is -0.132. The molecule has 0 bridgehead atoms. The molecule has 3 rings (SSSR count). The molecule has 1 aromatic carbocycles. The van der Waals surface area contributed by atoms with E-state index in [-0.39, 0.29) is 12.5 Å². The number of hydrogen-bond acceptors (Lipinski definition) is 3. The number of piperidine rings is 1. The van der Waals surface area contributed by atoms with Crippen LogP contribution in [0, 0.1) is 19.8 Å². The van der Waals surface area contributed by atoms with Gasteiger partial charge in [-0.3, -0.25) is 9.48 Å². The molecule has 1 aliphatic heterocycles. The Morgan fingerprint density at radius 2 is 1.78 bits per heavy atom.